The van der Waals surface area contributed by atoms with Crippen molar-refractivity contribution in [1.82, 2.24) is 15.0 Å². The molecule has 1 N–H and O–H groups in total. The van der Waals surface area contributed by atoms with Crippen LogP contribution in [0.25, 0.3) is 10.3 Å². The zero-order chi connectivity index (χ0) is 17.2. The molecule has 25 heavy (non-hydrogen) atoms. The highest BCUT2D eigenvalue weighted by Gasteiger charge is 2.16. The van der Waals surface area contributed by atoms with Crippen LogP contribution in [-0.2, 0) is 0 Å². The van der Waals surface area contributed by atoms with E-state index in [0.717, 1.165) is 23.9 Å². The minimum atomic E-state index is -0.222. The first kappa shape index (κ1) is 16.2. The molecule has 3 heterocycles. The number of anilines is 2. The Balaban J connectivity index is 1.54. The van der Waals surface area contributed by atoms with E-state index < -0.39 is 0 Å². The van der Waals surface area contributed by atoms with Crippen molar-refractivity contribution in [2.24, 2.45) is 0 Å². The molecule has 0 atom stereocenters. The molecule has 128 valence electrons. The summed E-state index contributed by atoms with van der Waals surface area (Å²) < 4.78 is 0. The van der Waals surface area contributed by atoms with E-state index in [1.807, 2.05) is 0 Å². The SMILES string of the molecule is O=C(Nc1nc2cnc(N3CCCCC3)nc2s1)c1ccc(Cl)cc1. The van der Waals surface area contributed by atoms with Gasteiger partial charge in [0.2, 0.25) is 5.95 Å². The van der Waals surface area contributed by atoms with Gasteiger partial charge in [0, 0.05) is 23.7 Å². The number of carbonyl (C=O) groups is 1. The fraction of sp³-hybridized carbons (Fsp3) is 0.294. The molecule has 0 spiro atoms. The van der Waals surface area contributed by atoms with Gasteiger partial charge in [0.15, 0.2) is 9.96 Å². The molecule has 1 amide bonds. The summed E-state index contributed by atoms with van der Waals surface area (Å²) in [6.45, 7) is 1.98. The molecule has 2 aromatic heterocycles. The highest BCUT2D eigenvalue weighted by molar-refractivity contribution is 7.22. The second-order valence-corrected chi connectivity index (χ2v) is 7.30. The minimum Gasteiger partial charge on any atom is -0.341 e. The fourth-order valence-corrected chi connectivity index (χ4v) is 3.72. The summed E-state index contributed by atoms with van der Waals surface area (Å²) in [6, 6.07) is 6.73. The molecule has 3 aromatic rings. The number of thiazole rings is 1. The zero-order valence-corrected chi connectivity index (χ0v) is 15.0. The average Bonchev–Trinajstić information content (AvgIpc) is 3.04. The summed E-state index contributed by atoms with van der Waals surface area (Å²) in [5.41, 5.74) is 1.22. The van der Waals surface area contributed by atoms with E-state index in [-0.39, 0.29) is 5.91 Å². The van der Waals surface area contributed by atoms with Crippen molar-refractivity contribution in [2.45, 2.75) is 19.3 Å². The van der Waals surface area contributed by atoms with Crippen LogP contribution in [0.1, 0.15) is 29.6 Å². The number of fused-ring (bicyclic) bond motifs is 1. The third kappa shape index (κ3) is 3.57. The van der Waals surface area contributed by atoms with Gasteiger partial charge < -0.3 is 4.90 Å². The van der Waals surface area contributed by atoms with Gasteiger partial charge >= 0.3 is 0 Å². The highest BCUT2D eigenvalue weighted by atomic mass is 35.5. The Morgan fingerprint density at radius 3 is 2.64 bits per heavy atom. The Hall–Kier alpha value is -2.25. The molecule has 1 saturated heterocycles. The summed E-state index contributed by atoms with van der Waals surface area (Å²) in [7, 11) is 0. The first-order valence-corrected chi connectivity index (χ1v) is 9.34. The Labute approximate surface area is 153 Å². The van der Waals surface area contributed by atoms with Crippen molar-refractivity contribution < 1.29 is 4.79 Å². The van der Waals surface area contributed by atoms with Crippen LogP contribution in [0.2, 0.25) is 5.02 Å². The van der Waals surface area contributed by atoms with Gasteiger partial charge in [-0.15, -0.1) is 0 Å². The molecule has 6 nitrogen and oxygen atoms in total. The van der Waals surface area contributed by atoms with E-state index in [4.69, 9.17) is 11.6 Å². The second-order valence-electron chi connectivity index (χ2n) is 5.89. The molecule has 1 aromatic carbocycles. The van der Waals surface area contributed by atoms with Crippen LogP contribution in [-0.4, -0.2) is 33.9 Å². The number of aromatic nitrogens is 3. The molecular weight excluding hydrogens is 358 g/mol. The molecule has 0 aliphatic carbocycles. The van der Waals surface area contributed by atoms with Crippen molar-refractivity contribution in [2.75, 3.05) is 23.3 Å². The molecule has 1 fully saturated rings. The van der Waals surface area contributed by atoms with E-state index in [9.17, 15) is 4.79 Å². The number of carbonyl (C=O) groups excluding carboxylic acids is 1. The average molecular weight is 374 g/mol. The van der Waals surface area contributed by atoms with E-state index in [1.165, 1.54) is 30.6 Å². The number of nitrogens with one attached hydrogen (secondary N) is 1. The topological polar surface area (TPSA) is 71.0 Å². The molecule has 0 radical (unpaired) electrons. The fourth-order valence-electron chi connectivity index (χ4n) is 2.80. The van der Waals surface area contributed by atoms with Crippen LogP contribution in [0.3, 0.4) is 0 Å². The van der Waals surface area contributed by atoms with Crippen molar-refractivity contribution in [1.29, 1.82) is 0 Å². The summed E-state index contributed by atoms with van der Waals surface area (Å²) in [5.74, 6) is 0.520. The number of amides is 1. The minimum absolute atomic E-state index is 0.222. The molecule has 4 rings (SSSR count). The summed E-state index contributed by atoms with van der Waals surface area (Å²) >= 11 is 7.20. The van der Waals surface area contributed by atoms with Crippen molar-refractivity contribution in [3.8, 4) is 0 Å². The number of nitrogens with zero attached hydrogens (tertiary/aromatic N) is 4. The van der Waals surface area contributed by atoms with Gasteiger partial charge in [-0.3, -0.25) is 10.1 Å². The Morgan fingerprint density at radius 2 is 1.88 bits per heavy atom. The Bertz CT molecular complexity index is 905. The van der Waals surface area contributed by atoms with Crippen LogP contribution in [0.15, 0.2) is 30.5 Å². The molecule has 1 aliphatic heterocycles. The van der Waals surface area contributed by atoms with Gasteiger partial charge in [0.1, 0.15) is 5.52 Å². The normalized spacial score (nSPS) is 14.7. The Morgan fingerprint density at radius 1 is 1.12 bits per heavy atom. The van der Waals surface area contributed by atoms with Gasteiger partial charge in [0.25, 0.3) is 5.91 Å². The quantitative estimate of drug-likeness (QED) is 0.751. The predicted molar refractivity (Wildman–Crippen MR) is 101 cm³/mol. The summed E-state index contributed by atoms with van der Waals surface area (Å²) in [4.78, 5) is 28.7. The van der Waals surface area contributed by atoms with Crippen molar-refractivity contribution in [3.05, 3.63) is 41.0 Å². The van der Waals surface area contributed by atoms with Gasteiger partial charge in [0.05, 0.1) is 6.20 Å². The van der Waals surface area contributed by atoms with E-state index in [2.05, 4.69) is 25.2 Å². The van der Waals surface area contributed by atoms with Gasteiger partial charge in [-0.25, -0.2) is 9.97 Å². The van der Waals surface area contributed by atoms with Crippen LogP contribution < -0.4 is 10.2 Å². The van der Waals surface area contributed by atoms with E-state index in [1.54, 1.807) is 30.5 Å². The number of hydrogen-bond donors (Lipinski definition) is 1. The largest absolute Gasteiger partial charge is 0.341 e. The first-order chi connectivity index (χ1) is 12.2. The molecular formula is C17H16ClN5OS. The maximum absolute atomic E-state index is 12.3. The molecule has 8 heteroatoms. The van der Waals surface area contributed by atoms with Crippen LogP contribution >= 0.6 is 22.9 Å². The number of rotatable bonds is 3. The third-order valence-corrected chi connectivity index (χ3v) is 5.24. The van der Waals surface area contributed by atoms with Crippen molar-refractivity contribution in [3.63, 3.8) is 0 Å². The maximum Gasteiger partial charge on any atom is 0.257 e. The lowest BCUT2D eigenvalue weighted by molar-refractivity contribution is 0.102. The predicted octanol–water partition coefficient (Wildman–Crippen LogP) is 3.98. The van der Waals surface area contributed by atoms with E-state index >= 15 is 0 Å². The summed E-state index contributed by atoms with van der Waals surface area (Å²) in [6.07, 6.45) is 5.33. The first-order valence-electron chi connectivity index (χ1n) is 8.14. The zero-order valence-electron chi connectivity index (χ0n) is 13.4. The lowest BCUT2D eigenvalue weighted by Gasteiger charge is -2.26. The van der Waals surface area contributed by atoms with Gasteiger partial charge in [-0.1, -0.05) is 22.9 Å². The van der Waals surface area contributed by atoms with Crippen molar-refractivity contribution >= 4 is 50.3 Å². The number of halogens is 1. The second kappa shape index (κ2) is 6.93. The Kier molecular flexibility index (Phi) is 4.50. The standard InChI is InChI=1S/C17H16ClN5OS/c18-12-6-4-11(5-7-12)14(24)21-17-20-13-10-19-16(22-15(13)25-17)23-8-2-1-3-9-23/h4-7,10H,1-3,8-9H2,(H,20,21,24). The molecule has 0 saturated carbocycles. The molecule has 0 unspecified atom stereocenters. The number of benzene rings is 1. The molecule has 1 aliphatic rings. The van der Waals surface area contributed by atoms with Crippen LogP contribution in [0.5, 0.6) is 0 Å². The third-order valence-electron chi connectivity index (χ3n) is 4.10. The molecule has 0 bridgehead atoms. The summed E-state index contributed by atoms with van der Waals surface area (Å²) in [5, 5.41) is 3.92. The van der Waals surface area contributed by atoms with Crippen LogP contribution in [0, 0.1) is 0 Å². The smallest absolute Gasteiger partial charge is 0.257 e. The number of hydrogen-bond acceptors (Lipinski definition) is 6. The van der Waals surface area contributed by atoms with Gasteiger partial charge in [-0.2, -0.15) is 4.98 Å². The highest BCUT2D eigenvalue weighted by Crippen LogP contribution is 2.26. The maximum atomic E-state index is 12.3. The monoisotopic (exact) mass is 373 g/mol. The van der Waals surface area contributed by atoms with Gasteiger partial charge in [-0.05, 0) is 43.5 Å². The lowest BCUT2D eigenvalue weighted by atomic mass is 10.1. The number of piperidine rings is 1. The van der Waals surface area contributed by atoms with E-state index in [0.29, 0.717) is 21.2 Å². The van der Waals surface area contributed by atoms with Crippen LogP contribution in [0.4, 0.5) is 11.1 Å². The lowest BCUT2D eigenvalue weighted by Crippen LogP contribution is -2.30.